The molecule has 174 valence electrons. The van der Waals surface area contributed by atoms with E-state index in [0.717, 1.165) is 10.6 Å². The number of halogens is 3. The summed E-state index contributed by atoms with van der Waals surface area (Å²) < 4.78 is 57.5. The second-order valence-corrected chi connectivity index (χ2v) is 7.95. The van der Waals surface area contributed by atoms with Crippen molar-refractivity contribution >= 4 is 11.6 Å². The van der Waals surface area contributed by atoms with Crippen molar-refractivity contribution in [1.29, 1.82) is 0 Å². The van der Waals surface area contributed by atoms with E-state index in [-0.39, 0.29) is 30.9 Å². The Morgan fingerprint density at radius 1 is 1.21 bits per heavy atom. The van der Waals surface area contributed by atoms with E-state index < -0.39 is 11.9 Å². The molecule has 1 aromatic carbocycles. The first-order valence-corrected chi connectivity index (χ1v) is 10.6. The van der Waals surface area contributed by atoms with Crippen LogP contribution < -0.4 is 14.2 Å². The summed E-state index contributed by atoms with van der Waals surface area (Å²) in [5.41, 5.74) is 0.157. The predicted octanol–water partition coefficient (Wildman–Crippen LogP) is 3.43. The van der Waals surface area contributed by atoms with Gasteiger partial charge in [-0.1, -0.05) is 6.92 Å². The predicted molar refractivity (Wildman–Crippen MR) is 109 cm³/mol. The van der Waals surface area contributed by atoms with Crippen LogP contribution in [0.2, 0.25) is 0 Å². The number of rotatable bonds is 5. The minimum absolute atomic E-state index is 0.148. The highest BCUT2D eigenvalue weighted by atomic mass is 19.4. The molecule has 0 N–H and O–H groups in total. The van der Waals surface area contributed by atoms with Gasteiger partial charge >= 0.3 is 6.18 Å². The number of hydrogen-bond donors (Lipinski definition) is 0. The Labute approximate surface area is 186 Å². The Morgan fingerprint density at radius 2 is 2.03 bits per heavy atom. The fraction of sp³-hybridized carbons (Fsp3) is 0.409. The van der Waals surface area contributed by atoms with Gasteiger partial charge in [-0.05, 0) is 31.0 Å². The first kappa shape index (κ1) is 21.4. The molecule has 4 heterocycles. The third-order valence-corrected chi connectivity index (χ3v) is 5.82. The van der Waals surface area contributed by atoms with Crippen molar-refractivity contribution in [2.24, 2.45) is 0 Å². The van der Waals surface area contributed by atoms with Crippen LogP contribution in [0.1, 0.15) is 36.3 Å². The molecular formula is C22H21F3N4O4. The summed E-state index contributed by atoms with van der Waals surface area (Å²) in [6.45, 7) is 2.58. The minimum Gasteiger partial charge on any atom is -0.484 e. The zero-order valence-electron chi connectivity index (χ0n) is 17.8. The normalized spacial score (nSPS) is 17.7. The van der Waals surface area contributed by atoms with E-state index in [1.54, 1.807) is 36.1 Å². The van der Waals surface area contributed by atoms with Gasteiger partial charge in [0, 0.05) is 36.8 Å². The van der Waals surface area contributed by atoms with Gasteiger partial charge in [0.05, 0.1) is 5.69 Å². The first-order chi connectivity index (χ1) is 15.8. The molecule has 1 saturated heterocycles. The fourth-order valence-corrected chi connectivity index (χ4v) is 4.06. The maximum absolute atomic E-state index is 13.5. The van der Waals surface area contributed by atoms with E-state index in [1.807, 2.05) is 0 Å². The third kappa shape index (κ3) is 4.14. The number of aryl methyl sites for hydroxylation is 1. The van der Waals surface area contributed by atoms with E-state index in [9.17, 15) is 18.0 Å². The van der Waals surface area contributed by atoms with Crippen LogP contribution in [-0.2, 0) is 17.4 Å². The summed E-state index contributed by atoms with van der Waals surface area (Å²) in [5.74, 6) is 1.29. The number of carbonyl (C=O) groups is 1. The lowest BCUT2D eigenvalue weighted by atomic mass is 10.1. The van der Waals surface area contributed by atoms with Crippen LogP contribution in [0.4, 0.5) is 13.2 Å². The van der Waals surface area contributed by atoms with E-state index in [0.29, 0.717) is 54.6 Å². The molecule has 1 amide bonds. The fourth-order valence-electron chi connectivity index (χ4n) is 4.06. The average Bonchev–Trinajstić information content (AvgIpc) is 3.54. The van der Waals surface area contributed by atoms with Crippen molar-refractivity contribution in [3.63, 3.8) is 0 Å². The Morgan fingerprint density at radius 3 is 2.82 bits per heavy atom. The van der Waals surface area contributed by atoms with Crippen LogP contribution >= 0.6 is 0 Å². The third-order valence-electron chi connectivity index (χ3n) is 5.82. The van der Waals surface area contributed by atoms with E-state index in [4.69, 9.17) is 14.2 Å². The van der Waals surface area contributed by atoms with Crippen molar-refractivity contribution in [1.82, 2.24) is 19.5 Å². The van der Waals surface area contributed by atoms with Crippen LogP contribution in [0.15, 0.2) is 30.3 Å². The summed E-state index contributed by atoms with van der Waals surface area (Å²) in [4.78, 5) is 18.5. The molecule has 1 atom stereocenters. The zero-order valence-corrected chi connectivity index (χ0v) is 17.8. The van der Waals surface area contributed by atoms with Gasteiger partial charge in [0.25, 0.3) is 5.91 Å². The van der Waals surface area contributed by atoms with E-state index in [1.165, 1.54) is 0 Å². The average molecular weight is 462 g/mol. The van der Waals surface area contributed by atoms with Crippen LogP contribution in [0, 0.1) is 0 Å². The molecule has 0 aliphatic carbocycles. The molecule has 8 nitrogen and oxygen atoms in total. The van der Waals surface area contributed by atoms with Gasteiger partial charge in [0.1, 0.15) is 11.4 Å². The van der Waals surface area contributed by atoms with E-state index >= 15 is 0 Å². The maximum atomic E-state index is 13.5. The van der Waals surface area contributed by atoms with Crippen molar-refractivity contribution < 1.29 is 32.2 Å². The van der Waals surface area contributed by atoms with Gasteiger partial charge in [-0.2, -0.15) is 18.3 Å². The quantitative estimate of drug-likeness (QED) is 0.578. The highest BCUT2D eigenvalue weighted by Gasteiger charge is 2.36. The number of likely N-dealkylation sites (tertiary alicyclic amines) is 1. The molecule has 33 heavy (non-hydrogen) atoms. The Balaban J connectivity index is 1.27. The Hall–Kier alpha value is -3.50. The van der Waals surface area contributed by atoms with Gasteiger partial charge in [-0.25, -0.2) is 9.50 Å². The second kappa shape index (κ2) is 8.13. The van der Waals surface area contributed by atoms with Crippen LogP contribution in [0.25, 0.3) is 5.65 Å². The van der Waals surface area contributed by atoms with Crippen LogP contribution in [0.3, 0.4) is 0 Å². The number of aromatic nitrogens is 3. The minimum atomic E-state index is -4.54. The molecule has 5 rings (SSSR count). The number of benzene rings is 1. The molecule has 11 heteroatoms. The van der Waals surface area contributed by atoms with E-state index in [2.05, 4.69) is 10.1 Å². The summed E-state index contributed by atoms with van der Waals surface area (Å²) in [6, 6.07) is 7.68. The summed E-state index contributed by atoms with van der Waals surface area (Å²) in [6.07, 6.45) is -3.56. The molecular weight excluding hydrogens is 441 g/mol. The number of ether oxygens (including phenoxy) is 3. The molecule has 2 aliphatic rings. The number of hydrogen-bond acceptors (Lipinski definition) is 6. The molecule has 1 fully saturated rings. The summed E-state index contributed by atoms with van der Waals surface area (Å²) >= 11 is 0. The van der Waals surface area contributed by atoms with Crippen LogP contribution in [-0.4, -0.2) is 51.9 Å². The lowest BCUT2D eigenvalue weighted by molar-refractivity contribution is -0.142. The number of amides is 1. The lowest BCUT2D eigenvalue weighted by Gasteiger charge is -2.16. The first-order valence-electron chi connectivity index (χ1n) is 10.6. The Kier molecular flexibility index (Phi) is 5.26. The second-order valence-electron chi connectivity index (χ2n) is 7.95. The number of fused-ring (bicyclic) bond motifs is 2. The number of nitrogens with zero attached hydrogens (tertiary/aromatic N) is 4. The molecule has 0 unspecified atom stereocenters. The standard InChI is InChI=1S/C22H21F3N4O4/c1-2-14-7-19(22(23,24)25)29-20(26-14)9-16(27-29)13-5-6-28(10-13)21(30)11-31-15-3-4-17-18(8-15)33-12-32-17/h3-4,7-9,13H,2,5-6,10-12H2,1H3/t13-/m1/s1. The molecule has 0 bridgehead atoms. The molecule has 2 aliphatic heterocycles. The van der Waals surface area contributed by atoms with Gasteiger partial charge in [0.15, 0.2) is 23.8 Å². The molecule has 0 spiro atoms. The topological polar surface area (TPSA) is 78.2 Å². The van der Waals surface area contributed by atoms with Gasteiger partial charge in [-0.15, -0.1) is 0 Å². The SMILES string of the molecule is CCc1cc(C(F)(F)F)n2nc([C@@H]3CCN(C(=O)COc4ccc5c(c4)OCO5)C3)cc2n1. The van der Waals surface area contributed by atoms with Crippen molar-refractivity contribution in [2.45, 2.75) is 31.9 Å². The molecule has 0 saturated carbocycles. The maximum Gasteiger partial charge on any atom is 0.433 e. The number of alkyl halides is 3. The number of carbonyl (C=O) groups excluding carboxylic acids is 1. The highest BCUT2D eigenvalue weighted by molar-refractivity contribution is 5.78. The van der Waals surface area contributed by atoms with Gasteiger partial charge in [-0.3, -0.25) is 4.79 Å². The van der Waals surface area contributed by atoms with Crippen molar-refractivity contribution in [2.75, 3.05) is 26.5 Å². The van der Waals surface area contributed by atoms with Crippen molar-refractivity contribution in [3.8, 4) is 17.2 Å². The lowest BCUT2D eigenvalue weighted by Crippen LogP contribution is -2.32. The molecule has 0 radical (unpaired) electrons. The summed E-state index contributed by atoms with van der Waals surface area (Å²) in [7, 11) is 0. The monoisotopic (exact) mass is 462 g/mol. The largest absolute Gasteiger partial charge is 0.484 e. The molecule has 2 aromatic heterocycles. The molecule has 3 aromatic rings. The van der Waals surface area contributed by atoms with Crippen molar-refractivity contribution in [3.05, 3.63) is 47.4 Å². The Bertz CT molecular complexity index is 1210. The zero-order chi connectivity index (χ0) is 23.2. The van der Waals surface area contributed by atoms with Crippen LogP contribution in [0.5, 0.6) is 17.2 Å². The van der Waals surface area contributed by atoms with Gasteiger partial charge in [0.2, 0.25) is 6.79 Å². The highest BCUT2D eigenvalue weighted by Crippen LogP contribution is 2.35. The summed E-state index contributed by atoms with van der Waals surface area (Å²) in [5, 5.41) is 4.20. The smallest absolute Gasteiger partial charge is 0.433 e. The van der Waals surface area contributed by atoms with Gasteiger partial charge < -0.3 is 19.1 Å².